The predicted molar refractivity (Wildman–Crippen MR) is 98.1 cm³/mol. The van der Waals surface area contributed by atoms with Crippen molar-refractivity contribution in [3.05, 3.63) is 22.4 Å². The van der Waals surface area contributed by atoms with Crippen molar-refractivity contribution in [2.75, 3.05) is 45.8 Å². The molecule has 0 saturated carbocycles. The van der Waals surface area contributed by atoms with Crippen molar-refractivity contribution in [3.8, 4) is 0 Å². The Hall–Kier alpha value is -0.910. The molecule has 4 heterocycles. The Labute approximate surface area is 149 Å². The van der Waals surface area contributed by atoms with Crippen LogP contribution in [0.1, 0.15) is 37.0 Å². The second-order valence-corrected chi connectivity index (χ2v) is 8.80. The predicted octanol–water partition coefficient (Wildman–Crippen LogP) is 2.66. The van der Waals surface area contributed by atoms with Gasteiger partial charge in [0.05, 0.1) is 5.41 Å². The largest absolute Gasteiger partial charge is 0.341 e. The van der Waals surface area contributed by atoms with Gasteiger partial charge in [0, 0.05) is 37.6 Å². The first-order valence-corrected chi connectivity index (χ1v) is 10.4. The molecular formula is C19H29N3OS. The van der Waals surface area contributed by atoms with E-state index in [2.05, 4.69) is 32.2 Å². The van der Waals surface area contributed by atoms with E-state index in [1.54, 1.807) is 0 Å². The maximum atomic E-state index is 13.1. The topological polar surface area (TPSA) is 26.8 Å². The van der Waals surface area contributed by atoms with Gasteiger partial charge in [0.1, 0.15) is 0 Å². The number of likely N-dealkylation sites (tertiary alicyclic amines) is 3. The highest BCUT2D eigenvalue weighted by atomic mass is 32.1. The lowest BCUT2D eigenvalue weighted by atomic mass is 9.78. The Morgan fingerprint density at radius 3 is 2.62 bits per heavy atom. The highest BCUT2D eigenvalue weighted by Crippen LogP contribution is 2.40. The first-order valence-electron chi connectivity index (χ1n) is 9.52. The molecule has 1 amide bonds. The Bertz CT molecular complexity index is 555. The summed E-state index contributed by atoms with van der Waals surface area (Å²) in [5, 5.41) is 2.15. The van der Waals surface area contributed by atoms with Crippen molar-refractivity contribution in [3.63, 3.8) is 0 Å². The molecule has 0 N–H and O–H groups in total. The summed E-state index contributed by atoms with van der Waals surface area (Å²) in [7, 11) is 0. The molecule has 0 aromatic carbocycles. The SMILES string of the molecule is O=C1N(CCN2CCCC2)CCC12CCCN(Cc1cccs1)C2. The molecule has 3 aliphatic rings. The Morgan fingerprint density at radius 2 is 1.83 bits per heavy atom. The zero-order chi connectivity index (χ0) is 16.4. The third kappa shape index (κ3) is 3.39. The van der Waals surface area contributed by atoms with E-state index in [1.165, 1.54) is 30.8 Å². The molecule has 0 aliphatic carbocycles. The minimum Gasteiger partial charge on any atom is -0.341 e. The van der Waals surface area contributed by atoms with Crippen molar-refractivity contribution in [2.45, 2.75) is 38.6 Å². The lowest BCUT2D eigenvalue weighted by molar-refractivity contribution is -0.139. The number of hydrogen-bond acceptors (Lipinski definition) is 4. The fourth-order valence-electron chi connectivity index (χ4n) is 4.74. The van der Waals surface area contributed by atoms with Crippen LogP contribution in [-0.4, -0.2) is 66.4 Å². The molecule has 1 aromatic heterocycles. The zero-order valence-corrected chi connectivity index (χ0v) is 15.4. The molecule has 1 unspecified atom stereocenters. The molecule has 1 aromatic rings. The maximum Gasteiger partial charge on any atom is 0.230 e. The maximum absolute atomic E-state index is 13.1. The van der Waals surface area contributed by atoms with Crippen LogP contribution >= 0.6 is 11.3 Å². The van der Waals surface area contributed by atoms with Gasteiger partial charge in [-0.1, -0.05) is 6.07 Å². The summed E-state index contributed by atoms with van der Waals surface area (Å²) in [4.78, 5) is 21.7. The summed E-state index contributed by atoms with van der Waals surface area (Å²) in [5.74, 6) is 0.442. The fourth-order valence-corrected chi connectivity index (χ4v) is 5.48. The van der Waals surface area contributed by atoms with Crippen LogP contribution < -0.4 is 0 Å². The number of thiophene rings is 1. The quantitative estimate of drug-likeness (QED) is 0.819. The molecule has 5 heteroatoms. The van der Waals surface area contributed by atoms with Crippen LogP contribution in [0.15, 0.2) is 17.5 Å². The lowest BCUT2D eigenvalue weighted by Crippen LogP contribution is -2.48. The molecular weight excluding hydrogens is 318 g/mol. The highest BCUT2D eigenvalue weighted by molar-refractivity contribution is 7.09. The Kier molecular flexibility index (Phi) is 4.93. The normalized spacial score (nSPS) is 29.2. The van der Waals surface area contributed by atoms with Gasteiger partial charge in [-0.05, 0) is 63.2 Å². The van der Waals surface area contributed by atoms with Gasteiger partial charge in [0.25, 0.3) is 0 Å². The van der Waals surface area contributed by atoms with Crippen LogP contribution in [0.5, 0.6) is 0 Å². The first-order chi connectivity index (χ1) is 11.8. The van der Waals surface area contributed by atoms with E-state index in [0.717, 1.165) is 58.5 Å². The lowest BCUT2D eigenvalue weighted by Gasteiger charge is -2.39. The van der Waals surface area contributed by atoms with Gasteiger partial charge in [-0.2, -0.15) is 0 Å². The van der Waals surface area contributed by atoms with E-state index >= 15 is 0 Å². The van der Waals surface area contributed by atoms with E-state index in [1.807, 2.05) is 11.3 Å². The van der Waals surface area contributed by atoms with Crippen LogP contribution in [0.4, 0.5) is 0 Å². The number of carbonyl (C=O) groups is 1. The zero-order valence-electron chi connectivity index (χ0n) is 14.6. The van der Waals surface area contributed by atoms with Crippen LogP contribution in [0.2, 0.25) is 0 Å². The summed E-state index contributed by atoms with van der Waals surface area (Å²) in [6.45, 7) is 8.54. The third-order valence-corrected chi connectivity index (χ3v) is 6.96. The molecule has 3 fully saturated rings. The fraction of sp³-hybridized carbons (Fsp3) is 0.737. The van der Waals surface area contributed by atoms with Gasteiger partial charge in [-0.25, -0.2) is 0 Å². The summed E-state index contributed by atoms with van der Waals surface area (Å²) in [5.41, 5.74) is -0.0828. The van der Waals surface area contributed by atoms with Gasteiger partial charge in [-0.15, -0.1) is 11.3 Å². The molecule has 1 spiro atoms. The number of nitrogens with zero attached hydrogens (tertiary/aromatic N) is 3. The van der Waals surface area contributed by atoms with Gasteiger partial charge in [-0.3, -0.25) is 9.69 Å². The van der Waals surface area contributed by atoms with Crippen molar-refractivity contribution in [1.82, 2.24) is 14.7 Å². The van der Waals surface area contributed by atoms with E-state index < -0.39 is 0 Å². The summed E-state index contributed by atoms with van der Waals surface area (Å²) < 4.78 is 0. The van der Waals surface area contributed by atoms with Crippen LogP contribution in [-0.2, 0) is 11.3 Å². The second kappa shape index (κ2) is 7.14. The molecule has 0 bridgehead atoms. The molecule has 24 heavy (non-hydrogen) atoms. The van der Waals surface area contributed by atoms with Gasteiger partial charge in [0.2, 0.25) is 5.91 Å². The minimum atomic E-state index is -0.0828. The summed E-state index contributed by atoms with van der Waals surface area (Å²) in [6.07, 6.45) is 5.97. The number of amides is 1. The average molecular weight is 348 g/mol. The van der Waals surface area contributed by atoms with E-state index in [9.17, 15) is 4.79 Å². The van der Waals surface area contributed by atoms with E-state index in [-0.39, 0.29) is 5.41 Å². The smallest absolute Gasteiger partial charge is 0.230 e. The summed E-state index contributed by atoms with van der Waals surface area (Å²) >= 11 is 1.83. The van der Waals surface area contributed by atoms with Gasteiger partial charge < -0.3 is 9.80 Å². The number of piperidine rings is 1. The van der Waals surface area contributed by atoms with Crippen molar-refractivity contribution >= 4 is 17.2 Å². The van der Waals surface area contributed by atoms with Crippen molar-refractivity contribution < 1.29 is 4.79 Å². The molecule has 3 saturated heterocycles. The summed E-state index contributed by atoms with van der Waals surface area (Å²) in [6, 6.07) is 4.34. The molecule has 4 nitrogen and oxygen atoms in total. The van der Waals surface area contributed by atoms with E-state index in [4.69, 9.17) is 0 Å². The number of hydrogen-bond donors (Lipinski definition) is 0. The van der Waals surface area contributed by atoms with Crippen LogP contribution in [0.25, 0.3) is 0 Å². The molecule has 3 aliphatic heterocycles. The first kappa shape index (κ1) is 16.6. The highest BCUT2D eigenvalue weighted by Gasteiger charge is 2.48. The molecule has 0 radical (unpaired) electrons. The average Bonchev–Trinajstić information content (AvgIpc) is 3.32. The van der Waals surface area contributed by atoms with Gasteiger partial charge in [0.15, 0.2) is 0 Å². The number of rotatable bonds is 5. The molecule has 4 rings (SSSR count). The van der Waals surface area contributed by atoms with Crippen LogP contribution in [0, 0.1) is 5.41 Å². The minimum absolute atomic E-state index is 0.0828. The Balaban J connectivity index is 1.34. The van der Waals surface area contributed by atoms with E-state index in [0.29, 0.717) is 5.91 Å². The molecule has 132 valence electrons. The molecule has 1 atom stereocenters. The third-order valence-electron chi connectivity index (χ3n) is 6.10. The van der Waals surface area contributed by atoms with Crippen LogP contribution in [0.3, 0.4) is 0 Å². The number of carbonyl (C=O) groups excluding carboxylic acids is 1. The van der Waals surface area contributed by atoms with Gasteiger partial charge >= 0.3 is 0 Å². The second-order valence-electron chi connectivity index (χ2n) is 7.76. The van der Waals surface area contributed by atoms with Crippen molar-refractivity contribution in [1.29, 1.82) is 0 Å². The standard InChI is InChI=1S/C19H29N3OS/c23-18-19(7-11-22(18)13-12-20-8-1-2-9-20)6-4-10-21(16-19)15-17-5-3-14-24-17/h3,5,14H,1-2,4,6-13,15-16H2. The monoisotopic (exact) mass is 347 g/mol. The Morgan fingerprint density at radius 1 is 1.00 bits per heavy atom. The van der Waals surface area contributed by atoms with Crippen molar-refractivity contribution in [2.24, 2.45) is 5.41 Å².